The Labute approximate surface area is 218 Å². The summed E-state index contributed by atoms with van der Waals surface area (Å²) in [6.07, 6.45) is 0. The van der Waals surface area contributed by atoms with Crippen LogP contribution in [0, 0.1) is 0 Å². The molecule has 0 unspecified atom stereocenters. The molecule has 17 heteroatoms. The predicted molar refractivity (Wildman–Crippen MR) is 98.1 cm³/mol. The van der Waals surface area contributed by atoms with Crippen molar-refractivity contribution in [2.24, 2.45) is 5.73 Å². The first-order valence-corrected chi connectivity index (χ1v) is 10.8. The van der Waals surface area contributed by atoms with Crippen LogP contribution in [-0.2, 0) is 20.2 Å². The fraction of sp³-hybridized carbons (Fsp3) is 0.308. The Kier molecular flexibility index (Phi) is 12.8. The first-order valence-electron chi connectivity index (χ1n) is 7.77. The number of nitrogens with two attached hydrogens (primary N) is 1. The Morgan fingerprint density at radius 1 is 0.833 bits per heavy atom. The molecule has 0 saturated carbocycles. The molecule has 5 N–H and O–H groups in total. The van der Waals surface area contributed by atoms with E-state index in [2.05, 4.69) is 30.9 Å². The summed E-state index contributed by atoms with van der Waals surface area (Å²) in [4.78, 5) is 11.8. The zero-order valence-corrected chi connectivity index (χ0v) is 22.0. The Bertz CT molecular complexity index is 1020. The molecule has 0 aliphatic heterocycles. The average Bonchev–Trinajstić information content (AvgIpc) is 2.58. The summed E-state index contributed by atoms with van der Waals surface area (Å²) in [5, 5.41) is 8.22. The van der Waals surface area contributed by atoms with Crippen LogP contribution in [0.2, 0.25) is 0 Å². The third-order valence-electron chi connectivity index (χ3n) is 3.10. The maximum absolute atomic E-state index is 11.0. The van der Waals surface area contributed by atoms with Gasteiger partial charge < -0.3 is 30.8 Å². The average molecular weight is 477 g/mol. The fourth-order valence-electron chi connectivity index (χ4n) is 1.90. The number of nitrogens with zero attached hydrogens (tertiary/aromatic N) is 3. The zero-order valence-electron chi connectivity index (χ0n) is 16.3. The first kappa shape index (κ1) is 29.4. The molecule has 0 radical (unpaired) electrons. The topological polar surface area (TPSA) is 215 Å². The van der Waals surface area contributed by atoms with Crippen molar-refractivity contribution in [3.8, 4) is 0 Å². The van der Waals surface area contributed by atoms with E-state index in [4.69, 9.17) is 5.73 Å². The Balaban J connectivity index is 0.00000420. The molecule has 0 aliphatic rings. The van der Waals surface area contributed by atoms with Crippen LogP contribution >= 0.6 is 0 Å². The summed E-state index contributed by atoms with van der Waals surface area (Å²) in [7, 11) is -8.96. The zero-order chi connectivity index (χ0) is 20.8. The van der Waals surface area contributed by atoms with Gasteiger partial charge in [-0.25, -0.2) is 16.8 Å². The molecule has 2 rings (SSSR count). The van der Waals surface area contributed by atoms with E-state index in [-0.39, 0.29) is 88.4 Å². The van der Waals surface area contributed by atoms with Gasteiger partial charge in [-0.1, -0.05) is 0 Å². The van der Waals surface area contributed by atoms with Gasteiger partial charge in [-0.05, 0) is 24.3 Å². The SMILES string of the molecule is NCCNc1nc(NCCS(=O)(=O)[O-])nc(Nc2ccc(S(=O)(=O)[O-])cc2)n1.[Na+].[Na+]. The van der Waals surface area contributed by atoms with Gasteiger partial charge in [0.25, 0.3) is 0 Å². The van der Waals surface area contributed by atoms with Crippen molar-refractivity contribution < 1.29 is 85.1 Å². The fourth-order valence-corrected chi connectivity index (χ4v) is 2.72. The van der Waals surface area contributed by atoms with E-state index in [1.807, 2.05) is 0 Å². The summed E-state index contributed by atoms with van der Waals surface area (Å²) < 4.78 is 64.9. The second-order valence-corrected chi connectivity index (χ2v) is 8.22. The van der Waals surface area contributed by atoms with E-state index in [9.17, 15) is 25.9 Å². The summed E-state index contributed by atoms with van der Waals surface area (Å²) in [6, 6.07) is 4.94. The number of hydrogen-bond acceptors (Lipinski definition) is 13. The van der Waals surface area contributed by atoms with Gasteiger partial charge in [0.1, 0.15) is 10.1 Å². The smallest absolute Gasteiger partial charge is 0.748 e. The second-order valence-electron chi connectivity index (χ2n) is 5.31. The number of hydrogen-bond donors (Lipinski definition) is 4. The number of aromatic nitrogens is 3. The molecule has 0 bridgehead atoms. The van der Waals surface area contributed by atoms with Gasteiger partial charge in [-0.15, -0.1) is 0 Å². The van der Waals surface area contributed by atoms with Crippen molar-refractivity contribution in [2.45, 2.75) is 4.90 Å². The third-order valence-corrected chi connectivity index (χ3v) is 4.65. The maximum Gasteiger partial charge on any atom is 1.00 e. The van der Waals surface area contributed by atoms with E-state index in [0.717, 1.165) is 12.1 Å². The van der Waals surface area contributed by atoms with Gasteiger partial charge in [0.15, 0.2) is 0 Å². The molecule has 0 saturated heterocycles. The second kappa shape index (κ2) is 13.1. The third kappa shape index (κ3) is 10.6. The largest absolute Gasteiger partial charge is 1.00 e. The molecule has 30 heavy (non-hydrogen) atoms. The molecular formula is C13H17N7Na2O6S2. The predicted octanol–water partition coefficient (Wildman–Crippen LogP) is -7.15. The van der Waals surface area contributed by atoms with Crippen molar-refractivity contribution in [1.82, 2.24) is 15.0 Å². The van der Waals surface area contributed by atoms with Gasteiger partial charge in [0.2, 0.25) is 17.8 Å². The minimum atomic E-state index is -4.56. The summed E-state index contributed by atoms with van der Waals surface area (Å²) in [5.74, 6) is -0.480. The molecular weight excluding hydrogens is 460 g/mol. The van der Waals surface area contributed by atoms with Crippen LogP contribution in [0.15, 0.2) is 29.2 Å². The molecule has 0 fully saturated rings. The molecule has 13 nitrogen and oxygen atoms in total. The van der Waals surface area contributed by atoms with Crippen molar-refractivity contribution in [2.75, 3.05) is 41.3 Å². The van der Waals surface area contributed by atoms with Crippen LogP contribution in [0.3, 0.4) is 0 Å². The number of rotatable bonds is 10. The minimum absolute atomic E-state index is 0. The summed E-state index contributed by atoms with van der Waals surface area (Å²) in [6.45, 7) is 0.451. The molecule has 0 spiro atoms. The van der Waals surface area contributed by atoms with Crippen LogP contribution in [0.25, 0.3) is 0 Å². The normalized spacial score (nSPS) is 11.0. The standard InChI is InChI=1S/C13H19N7O6S2.2Na/c14-5-6-15-11-18-12(16-7-8-27(21,22)23)20-13(19-11)17-9-1-3-10(4-2-9)28(24,25)26;;/h1-4H,5-8,14H2,(H,21,22,23)(H,24,25,26)(H3,15,16,17,18,19,20);;/q;2*+1/p-2. The quantitative estimate of drug-likeness (QED) is 0.185. The molecule has 0 amide bonds. The van der Waals surface area contributed by atoms with E-state index in [1.54, 1.807) is 0 Å². The van der Waals surface area contributed by atoms with Crippen LogP contribution < -0.4 is 80.8 Å². The number of nitrogens with one attached hydrogen (secondary N) is 3. The van der Waals surface area contributed by atoms with Gasteiger partial charge >= 0.3 is 59.1 Å². The Morgan fingerprint density at radius 3 is 1.80 bits per heavy atom. The van der Waals surface area contributed by atoms with Crippen molar-refractivity contribution in [1.29, 1.82) is 0 Å². The Morgan fingerprint density at radius 2 is 1.33 bits per heavy atom. The van der Waals surface area contributed by atoms with Crippen LogP contribution in [-0.4, -0.2) is 66.3 Å². The molecule has 2 aromatic rings. The van der Waals surface area contributed by atoms with Crippen LogP contribution in [0.5, 0.6) is 0 Å². The van der Waals surface area contributed by atoms with E-state index >= 15 is 0 Å². The number of benzene rings is 1. The van der Waals surface area contributed by atoms with Crippen molar-refractivity contribution in [3.05, 3.63) is 24.3 Å². The monoisotopic (exact) mass is 477 g/mol. The van der Waals surface area contributed by atoms with Crippen molar-refractivity contribution in [3.63, 3.8) is 0 Å². The summed E-state index contributed by atoms with van der Waals surface area (Å²) >= 11 is 0. The van der Waals surface area contributed by atoms with Gasteiger partial charge in [-0.2, -0.15) is 15.0 Å². The van der Waals surface area contributed by atoms with E-state index < -0.39 is 26.0 Å². The molecule has 1 heterocycles. The molecule has 0 atom stereocenters. The van der Waals surface area contributed by atoms with Crippen LogP contribution in [0.4, 0.5) is 23.5 Å². The van der Waals surface area contributed by atoms with Crippen molar-refractivity contribution >= 4 is 43.8 Å². The Hall–Kier alpha value is -0.590. The molecule has 154 valence electrons. The van der Waals surface area contributed by atoms with E-state index in [1.165, 1.54) is 12.1 Å². The maximum atomic E-state index is 11.0. The van der Waals surface area contributed by atoms with Gasteiger partial charge in [0, 0.05) is 25.3 Å². The molecule has 1 aromatic heterocycles. The minimum Gasteiger partial charge on any atom is -0.748 e. The first-order chi connectivity index (χ1) is 13.1. The number of anilines is 4. The summed E-state index contributed by atoms with van der Waals surface area (Å²) in [5.41, 5.74) is 5.80. The van der Waals surface area contributed by atoms with E-state index in [0.29, 0.717) is 18.8 Å². The molecule has 0 aliphatic carbocycles. The van der Waals surface area contributed by atoms with Gasteiger partial charge in [0.05, 0.1) is 20.8 Å². The van der Waals surface area contributed by atoms with Gasteiger partial charge in [-0.3, -0.25) is 0 Å². The van der Waals surface area contributed by atoms with Crippen LogP contribution in [0.1, 0.15) is 0 Å². The molecule has 1 aromatic carbocycles.